The van der Waals surface area contributed by atoms with E-state index < -0.39 is 5.54 Å². The Morgan fingerprint density at radius 3 is 2.45 bits per heavy atom. The van der Waals surface area contributed by atoms with Gasteiger partial charge in [-0.1, -0.05) is 31.4 Å². The molecule has 3 fully saturated rings. The van der Waals surface area contributed by atoms with E-state index in [2.05, 4.69) is 50.5 Å². The number of thiazole rings is 1. The molecule has 1 saturated heterocycles. The summed E-state index contributed by atoms with van der Waals surface area (Å²) in [5.74, 6) is 2.34. The predicted molar refractivity (Wildman–Crippen MR) is 153 cm³/mol. The standard InChI is InChI=1S/C18H16FN3S2.C11H16N2O/c19-15-9-14(10-20-11-15)18-21-12-17(24-18)13-1-3-16(4-2-13)22-5-7-23-8-6-22;12-8-11(6-7-11)13-10(14)9-4-2-1-3-5-9/h1-4,9-12H,5-8H2;9H,1-7H2,(H,13,14). The van der Waals surface area contributed by atoms with Crippen molar-refractivity contribution < 1.29 is 9.18 Å². The molecular weight excluding hydrogens is 517 g/mol. The summed E-state index contributed by atoms with van der Waals surface area (Å²) in [7, 11) is 0. The number of nitrogens with zero attached hydrogens (tertiary/aromatic N) is 4. The average molecular weight is 550 g/mol. The van der Waals surface area contributed by atoms with Crippen LogP contribution in [-0.2, 0) is 4.79 Å². The van der Waals surface area contributed by atoms with Crippen molar-refractivity contribution in [1.29, 1.82) is 5.26 Å². The van der Waals surface area contributed by atoms with Crippen LogP contribution in [0.1, 0.15) is 44.9 Å². The lowest BCUT2D eigenvalue weighted by Gasteiger charge is -2.28. The summed E-state index contributed by atoms with van der Waals surface area (Å²) in [5, 5.41) is 12.5. The molecule has 0 spiro atoms. The first-order valence-corrected chi connectivity index (χ1v) is 15.3. The van der Waals surface area contributed by atoms with E-state index in [-0.39, 0.29) is 17.6 Å². The Bertz CT molecular complexity index is 1270. The molecule has 1 aromatic carbocycles. The maximum absolute atomic E-state index is 13.3. The Morgan fingerprint density at radius 2 is 1.79 bits per heavy atom. The molecule has 3 aromatic rings. The molecule has 2 aromatic heterocycles. The Balaban J connectivity index is 0.000000179. The number of hydrogen-bond donors (Lipinski definition) is 1. The van der Waals surface area contributed by atoms with Crippen LogP contribution in [0, 0.1) is 23.1 Å². The molecule has 38 heavy (non-hydrogen) atoms. The fraction of sp³-hybridized carbons (Fsp3) is 0.448. The minimum atomic E-state index is -0.478. The minimum absolute atomic E-state index is 0.115. The number of carbonyl (C=O) groups is 1. The smallest absolute Gasteiger partial charge is 0.224 e. The molecule has 0 radical (unpaired) electrons. The molecule has 3 aliphatic rings. The van der Waals surface area contributed by atoms with Gasteiger partial charge in [-0.25, -0.2) is 9.37 Å². The lowest BCUT2D eigenvalue weighted by atomic mass is 9.88. The zero-order chi connectivity index (χ0) is 26.4. The normalized spacial score (nSPS) is 18.6. The van der Waals surface area contributed by atoms with E-state index in [1.165, 1.54) is 35.9 Å². The second-order valence-corrected chi connectivity index (χ2v) is 12.3. The third-order valence-electron chi connectivity index (χ3n) is 7.29. The van der Waals surface area contributed by atoms with E-state index >= 15 is 0 Å². The van der Waals surface area contributed by atoms with Crippen LogP contribution in [0.15, 0.2) is 48.9 Å². The van der Waals surface area contributed by atoms with Crippen molar-refractivity contribution in [1.82, 2.24) is 15.3 Å². The van der Waals surface area contributed by atoms with E-state index in [4.69, 9.17) is 5.26 Å². The summed E-state index contributed by atoms with van der Waals surface area (Å²) in [6.45, 7) is 2.22. The summed E-state index contributed by atoms with van der Waals surface area (Å²) in [5.41, 5.74) is 2.65. The molecule has 198 valence electrons. The molecule has 6 nitrogen and oxygen atoms in total. The van der Waals surface area contributed by atoms with Crippen molar-refractivity contribution in [3.05, 3.63) is 54.7 Å². The van der Waals surface area contributed by atoms with Crippen molar-refractivity contribution in [3.63, 3.8) is 0 Å². The lowest BCUT2D eigenvalue weighted by Crippen LogP contribution is -2.40. The highest BCUT2D eigenvalue weighted by Gasteiger charge is 2.45. The van der Waals surface area contributed by atoms with Crippen molar-refractivity contribution in [2.45, 2.75) is 50.5 Å². The third-order valence-corrected chi connectivity index (χ3v) is 9.33. The fourth-order valence-corrected chi connectivity index (χ4v) is 6.63. The number of anilines is 1. The topological polar surface area (TPSA) is 81.9 Å². The van der Waals surface area contributed by atoms with Gasteiger partial charge in [0.25, 0.3) is 0 Å². The quantitative estimate of drug-likeness (QED) is 0.402. The van der Waals surface area contributed by atoms with Crippen LogP contribution in [-0.4, -0.2) is 46.0 Å². The van der Waals surface area contributed by atoms with Crippen LogP contribution in [0.3, 0.4) is 0 Å². The summed E-state index contributed by atoms with van der Waals surface area (Å²) in [6.07, 6.45) is 12.0. The number of benzene rings is 1. The number of rotatable bonds is 5. The van der Waals surface area contributed by atoms with Crippen molar-refractivity contribution in [3.8, 4) is 27.1 Å². The minimum Gasteiger partial charge on any atom is -0.370 e. The molecule has 9 heteroatoms. The van der Waals surface area contributed by atoms with Gasteiger partial charge in [0, 0.05) is 54.2 Å². The van der Waals surface area contributed by atoms with E-state index in [9.17, 15) is 9.18 Å². The largest absolute Gasteiger partial charge is 0.370 e. The van der Waals surface area contributed by atoms with Crippen molar-refractivity contribution in [2.75, 3.05) is 29.5 Å². The van der Waals surface area contributed by atoms with E-state index in [0.29, 0.717) is 5.56 Å². The van der Waals surface area contributed by atoms with Gasteiger partial charge in [-0.15, -0.1) is 11.3 Å². The Morgan fingerprint density at radius 1 is 1.05 bits per heavy atom. The van der Waals surface area contributed by atoms with Crippen LogP contribution < -0.4 is 10.2 Å². The Hall–Kier alpha value is -2.96. The third kappa shape index (κ3) is 6.72. The Kier molecular flexibility index (Phi) is 8.60. The van der Waals surface area contributed by atoms with Gasteiger partial charge in [0.1, 0.15) is 16.4 Å². The fourth-order valence-electron chi connectivity index (χ4n) is 4.82. The molecule has 0 bridgehead atoms. The van der Waals surface area contributed by atoms with Crippen LogP contribution in [0.4, 0.5) is 10.1 Å². The monoisotopic (exact) mass is 549 g/mol. The van der Waals surface area contributed by atoms with Crippen LogP contribution in [0.5, 0.6) is 0 Å². The van der Waals surface area contributed by atoms with Gasteiger partial charge in [0.15, 0.2) is 0 Å². The number of halogens is 1. The number of pyridine rings is 1. The number of nitriles is 1. The first-order valence-electron chi connectivity index (χ1n) is 13.3. The summed E-state index contributed by atoms with van der Waals surface area (Å²) in [4.78, 5) is 23.6. The van der Waals surface area contributed by atoms with E-state index in [0.717, 1.165) is 67.1 Å². The second-order valence-electron chi connectivity index (χ2n) is 10.1. The maximum Gasteiger partial charge on any atom is 0.224 e. The highest BCUT2D eigenvalue weighted by molar-refractivity contribution is 7.99. The highest BCUT2D eigenvalue weighted by atomic mass is 32.2. The van der Waals surface area contributed by atoms with Gasteiger partial charge < -0.3 is 10.2 Å². The molecule has 2 saturated carbocycles. The molecule has 0 atom stereocenters. The first kappa shape index (κ1) is 26.6. The number of amides is 1. The number of nitrogens with one attached hydrogen (secondary N) is 1. The van der Waals surface area contributed by atoms with Crippen LogP contribution in [0.2, 0.25) is 0 Å². The zero-order valence-corrected chi connectivity index (χ0v) is 23.0. The Labute approximate surface area is 231 Å². The number of aromatic nitrogens is 2. The second kappa shape index (κ2) is 12.3. The van der Waals surface area contributed by atoms with Crippen LogP contribution >= 0.6 is 23.1 Å². The molecule has 1 amide bonds. The van der Waals surface area contributed by atoms with E-state index in [1.54, 1.807) is 17.5 Å². The molecular formula is C29H32FN5OS2. The van der Waals surface area contributed by atoms with Gasteiger partial charge in [-0.05, 0) is 49.4 Å². The summed E-state index contributed by atoms with van der Waals surface area (Å²) in [6, 6.07) is 12.3. The maximum atomic E-state index is 13.3. The average Bonchev–Trinajstić information content (AvgIpc) is 3.57. The van der Waals surface area contributed by atoms with Gasteiger partial charge in [-0.2, -0.15) is 17.0 Å². The van der Waals surface area contributed by atoms with Crippen molar-refractivity contribution >= 4 is 34.7 Å². The van der Waals surface area contributed by atoms with Gasteiger partial charge >= 0.3 is 0 Å². The molecule has 1 aliphatic heterocycles. The SMILES string of the molecule is Fc1cncc(-c2ncc(-c3ccc(N4CCSCC4)cc3)s2)c1.N#CC1(NC(=O)C2CCCCC2)CC1. The first-order chi connectivity index (χ1) is 18.5. The number of hydrogen-bond acceptors (Lipinski definition) is 7. The van der Waals surface area contributed by atoms with Gasteiger partial charge in [-0.3, -0.25) is 9.78 Å². The summed E-state index contributed by atoms with van der Waals surface area (Å²) >= 11 is 3.57. The predicted octanol–water partition coefficient (Wildman–Crippen LogP) is 6.30. The van der Waals surface area contributed by atoms with Crippen LogP contribution in [0.25, 0.3) is 21.0 Å². The molecule has 6 rings (SSSR count). The molecule has 3 heterocycles. The van der Waals surface area contributed by atoms with Gasteiger partial charge in [0.2, 0.25) is 5.91 Å². The van der Waals surface area contributed by atoms with Crippen molar-refractivity contribution in [2.24, 2.45) is 5.92 Å². The summed E-state index contributed by atoms with van der Waals surface area (Å²) < 4.78 is 13.3. The molecule has 0 unspecified atom stereocenters. The molecule has 1 N–H and O–H groups in total. The lowest BCUT2D eigenvalue weighted by molar-refractivity contribution is -0.126. The van der Waals surface area contributed by atoms with E-state index in [1.807, 2.05) is 18.0 Å². The molecule has 2 aliphatic carbocycles. The number of carbonyl (C=O) groups excluding carboxylic acids is 1. The highest BCUT2D eigenvalue weighted by Crippen LogP contribution is 2.36. The zero-order valence-electron chi connectivity index (χ0n) is 21.4. The van der Waals surface area contributed by atoms with Gasteiger partial charge in [0.05, 0.1) is 17.1 Å². The number of thioether (sulfide) groups is 1.